The third-order valence-corrected chi connectivity index (χ3v) is 4.83. The Kier molecular flexibility index (Phi) is 5.83. The van der Waals surface area contributed by atoms with E-state index in [1.165, 1.54) is 0 Å². The normalized spacial score (nSPS) is 14.2. The second kappa shape index (κ2) is 8.27. The van der Waals surface area contributed by atoms with Crippen LogP contribution < -0.4 is 4.74 Å². The zero-order valence-corrected chi connectivity index (χ0v) is 15.6. The maximum absolute atomic E-state index is 12.6. The van der Waals surface area contributed by atoms with Crippen LogP contribution in [0.5, 0.6) is 5.75 Å². The third-order valence-electron chi connectivity index (χ3n) is 4.44. The summed E-state index contributed by atoms with van der Waals surface area (Å²) in [5.74, 6) is 0.578. The summed E-state index contributed by atoms with van der Waals surface area (Å²) in [4.78, 5) is 29.1. The molecule has 5 nitrogen and oxygen atoms in total. The lowest BCUT2D eigenvalue weighted by Gasteiger charge is -2.35. The lowest BCUT2D eigenvalue weighted by molar-refractivity contribution is -0.134. The van der Waals surface area contributed by atoms with Crippen LogP contribution in [0.15, 0.2) is 53.4 Å². The first-order chi connectivity index (χ1) is 12.5. The number of benzene rings is 2. The Morgan fingerprint density at radius 2 is 1.58 bits per heavy atom. The molecule has 1 aliphatic heterocycles. The highest BCUT2D eigenvalue weighted by atomic mass is 32.1. The fraction of sp³-hybridized carbons (Fsp3) is 0.300. The zero-order valence-electron chi connectivity index (χ0n) is 14.7. The average Bonchev–Trinajstić information content (AvgIpc) is 2.67. The lowest BCUT2D eigenvalue weighted by Crippen LogP contribution is -2.51. The number of aryl methyl sites for hydroxylation is 1. The molecule has 1 fully saturated rings. The van der Waals surface area contributed by atoms with Crippen molar-refractivity contribution < 1.29 is 14.3 Å². The van der Waals surface area contributed by atoms with Crippen molar-refractivity contribution in [3.05, 3.63) is 59.7 Å². The van der Waals surface area contributed by atoms with Crippen LogP contribution in [0.25, 0.3) is 0 Å². The van der Waals surface area contributed by atoms with Gasteiger partial charge in [0.25, 0.3) is 11.8 Å². The monoisotopic (exact) mass is 370 g/mol. The zero-order chi connectivity index (χ0) is 18.5. The summed E-state index contributed by atoms with van der Waals surface area (Å²) in [5.41, 5.74) is 1.74. The average molecular weight is 370 g/mol. The minimum absolute atomic E-state index is 0.0104. The van der Waals surface area contributed by atoms with E-state index in [4.69, 9.17) is 4.74 Å². The van der Waals surface area contributed by atoms with E-state index in [1.807, 2.05) is 43.3 Å². The molecule has 0 radical (unpaired) electrons. The molecular formula is C20H22N2O3S. The minimum Gasteiger partial charge on any atom is -0.484 e. The topological polar surface area (TPSA) is 49.9 Å². The second-order valence-electron chi connectivity index (χ2n) is 6.29. The third kappa shape index (κ3) is 4.38. The van der Waals surface area contributed by atoms with E-state index in [-0.39, 0.29) is 18.4 Å². The number of rotatable bonds is 4. The number of ether oxygens (including phenoxy) is 1. The predicted molar refractivity (Wildman–Crippen MR) is 103 cm³/mol. The summed E-state index contributed by atoms with van der Waals surface area (Å²) in [5, 5.41) is 0. The number of amides is 2. The van der Waals surface area contributed by atoms with Gasteiger partial charge >= 0.3 is 0 Å². The predicted octanol–water partition coefficient (Wildman–Crippen LogP) is 2.65. The summed E-state index contributed by atoms with van der Waals surface area (Å²) >= 11 is 4.35. The number of thiol groups is 1. The molecule has 3 rings (SSSR count). The van der Waals surface area contributed by atoms with Crippen molar-refractivity contribution in [2.75, 3.05) is 32.8 Å². The van der Waals surface area contributed by atoms with Crippen molar-refractivity contribution in [1.29, 1.82) is 0 Å². The molecule has 136 valence electrons. The van der Waals surface area contributed by atoms with E-state index in [0.29, 0.717) is 42.4 Å². The summed E-state index contributed by atoms with van der Waals surface area (Å²) in [6.07, 6.45) is 0. The Hall–Kier alpha value is -2.47. The highest BCUT2D eigenvalue weighted by molar-refractivity contribution is 7.80. The minimum atomic E-state index is -0.0627. The van der Waals surface area contributed by atoms with Gasteiger partial charge in [0.15, 0.2) is 6.61 Å². The highest BCUT2D eigenvalue weighted by Crippen LogP contribution is 2.17. The van der Waals surface area contributed by atoms with Crippen molar-refractivity contribution >= 4 is 24.4 Å². The second-order valence-corrected chi connectivity index (χ2v) is 6.77. The standard InChI is InChI=1S/C20H22N2O3S/c1-15-6-8-16(9-7-15)25-14-19(23)21-10-12-22(13-11-21)20(24)17-4-2-3-5-18(17)26/h2-9,26H,10-14H2,1H3. The van der Waals surface area contributed by atoms with Gasteiger partial charge in [-0.2, -0.15) is 0 Å². The van der Waals surface area contributed by atoms with E-state index in [2.05, 4.69) is 12.6 Å². The Labute approximate surface area is 159 Å². The molecule has 0 atom stereocenters. The molecule has 1 saturated heterocycles. The molecule has 0 spiro atoms. The van der Waals surface area contributed by atoms with E-state index >= 15 is 0 Å². The first-order valence-corrected chi connectivity index (χ1v) is 9.04. The maximum Gasteiger partial charge on any atom is 0.260 e. The van der Waals surface area contributed by atoms with Crippen LogP contribution >= 0.6 is 12.6 Å². The molecule has 0 N–H and O–H groups in total. The number of hydrogen-bond donors (Lipinski definition) is 1. The van der Waals surface area contributed by atoms with Gasteiger partial charge in [-0.15, -0.1) is 12.6 Å². The smallest absolute Gasteiger partial charge is 0.260 e. The van der Waals surface area contributed by atoms with Crippen LogP contribution in [-0.4, -0.2) is 54.4 Å². The van der Waals surface area contributed by atoms with E-state index in [0.717, 1.165) is 5.56 Å². The van der Waals surface area contributed by atoms with Crippen molar-refractivity contribution in [2.24, 2.45) is 0 Å². The van der Waals surface area contributed by atoms with Crippen molar-refractivity contribution in [1.82, 2.24) is 9.80 Å². The summed E-state index contributed by atoms with van der Waals surface area (Å²) < 4.78 is 5.55. The van der Waals surface area contributed by atoms with Gasteiger partial charge in [-0.05, 0) is 31.2 Å². The maximum atomic E-state index is 12.6. The van der Waals surface area contributed by atoms with Crippen LogP contribution in [0.2, 0.25) is 0 Å². The number of piperazine rings is 1. The number of hydrogen-bond acceptors (Lipinski definition) is 4. The van der Waals surface area contributed by atoms with Crippen LogP contribution in [0.4, 0.5) is 0 Å². The molecule has 2 aromatic carbocycles. The van der Waals surface area contributed by atoms with Gasteiger partial charge in [-0.3, -0.25) is 9.59 Å². The number of nitrogens with zero attached hydrogens (tertiary/aromatic N) is 2. The number of carbonyl (C=O) groups excluding carboxylic acids is 2. The largest absolute Gasteiger partial charge is 0.484 e. The molecule has 26 heavy (non-hydrogen) atoms. The van der Waals surface area contributed by atoms with Gasteiger partial charge in [0, 0.05) is 31.1 Å². The van der Waals surface area contributed by atoms with Crippen LogP contribution in [0.1, 0.15) is 15.9 Å². The van der Waals surface area contributed by atoms with Gasteiger partial charge < -0.3 is 14.5 Å². The molecule has 2 amide bonds. The van der Waals surface area contributed by atoms with Gasteiger partial charge in [0.05, 0.1) is 5.56 Å². The Bertz CT molecular complexity index is 784. The van der Waals surface area contributed by atoms with E-state index < -0.39 is 0 Å². The van der Waals surface area contributed by atoms with Gasteiger partial charge in [0.1, 0.15) is 5.75 Å². The summed E-state index contributed by atoms with van der Waals surface area (Å²) in [7, 11) is 0. The molecule has 0 aromatic heterocycles. The van der Waals surface area contributed by atoms with Gasteiger partial charge in [0.2, 0.25) is 0 Å². The molecule has 0 aliphatic carbocycles. The number of carbonyl (C=O) groups is 2. The quantitative estimate of drug-likeness (QED) is 0.842. The Balaban J connectivity index is 1.50. The summed E-state index contributed by atoms with van der Waals surface area (Å²) in [6.45, 7) is 4.06. The fourth-order valence-corrected chi connectivity index (χ4v) is 3.11. The van der Waals surface area contributed by atoms with Gasteiger partial charge in [-0.1, -0.05) is 29.8 Å². The van der Waals surface area contributed by atoms with E-state index in [1.54, 1.807) is 21.9 Å². The molecule has 1 aliphatic rings. The SMILES string of the molecule is Cc1ccc(OCC(=O)N2CCN(C(=O)c3ccccc3S)CC2)cc1. The van der Waals surface area contributed by atoms with E-state index in [9.17, 15) is 9.59 Å². The highest BCUT2D eigenvalue weighted by Gasteiger charge is 2.25. The van der Waals surface area contributed by atoms with Crippen molar-refractivity contribution in [3.8, 4) is 5.75 Å². The fourth-order valence-electron chi connectivity index (χ4n) is 2.85. The molecule has 2 aromatic rings. The molecule has 0 unspecified atom stereocenters. The molecule has 0 saturated carbocycles. The first-order valence-electron chi connectivity index (χ1n) is 8.59. The first kappa shape index (κ1) is 18.3. The molecule has 1 heterocycles. The molecule has 6 heteroatoms. The molecule has 0 bridgehead atoms. The van der Waals surface area contributed by atoms with Crippen LogP contribution in [0.3, 0.4) is 0 Å². The van der Waals surface area contributed by atoms with Crippen molar-refractivity contribution in [3.63, 3.8) is 0 Å². The van der Waals surface area contributed by atoms with Crippen LogP contribution in [-0.2, 0) is 4.79 Å². The van der Waals surface area contributed by atoms with Gasteiger partial charge in [-0.25, -0.2) is 0 Å². The van der Waals surface area contributed by atoms with Crippen molar-refractivity contribution in [2.45, 2.75) is 11.8 Å². The Morgan fingerprint density at radius 3 is 2.23 bits per heavy atom. The van der Waals surface area contributed by atoms with Crippen LogP contribution in [0, 0.1) is 6.92 Å². The summed E-state index contributed by atoms with van der Waals surface area (Å²) in [6, 6.07) is 14.9. The Morgan fingerprint density at radius 1 is 0.962 bits per heavy atom. The molecular weight excluding hydrogens is 348 g/mol. The lowest BCUT2D eigenvalue weighted by atomic mass is 10.2.